The molecule has 1 saturated heterocycles. The van der Waals surface area contributed by atoms with Crippen molar-refractivity contribution in [2.45, 2.75) is 46.3 Å². The van der Waals surface area contributed by atoms with Gasteiger partial charge in [-0.2, -0.15) is 10.2 Å². The van der Waals surface area contributed by atoms with E-state index < -0.39 is 0 Å². The first-order chi connectivity index (χ1) is 11.5. The number of hydrogen-bond acceptors (Lipinski definition) is 5. The number of aromatic amines is 1. The van der Waals surface area contributed by atoms with Crippen LogP contribution < -0.4 is 0 Å². The van der Waals surface area contributed by atoms with E-state index in [1.54, 1.807) is 9.58 Å². The molecule has 130 valence electrons. The van der Waals surface area contributed by atoms with Gasteiger partial charge in [0, 0.05) is 13.1 Å². The number of aromatic nitrogens is 5. The van der Waals surface area contributed by atoms with Gasteiger partial charge in [-0.15, -0.1) is 0 Å². The minimum Gasteiger partial charge on any atom is -0.366 e. The highest BCUT2D eigenvalue weighted by Gasteiger charge is 2.30. The highest BCUT2D eigenvalue weighted by molar-refractivity contribution is 5.92. The minimum absolute atomic E-state index is 0.0168. The average Bonchev–Trinajstić information content (AvgIpc) is 3.20. The predicted molar refractivity (Wildman–Crippen MR) is 87.7 cm³/mol. The molecule has 0 bridgehead atoms. The minimum atomic E-state index is -0.296. The van der Waals surface area contributed by atoms with Crippen molar-refractivity contribution < 1.29 is 9.53 Å². The van der Waals surface area contributed by atoms with Crippen LogP contribution in [0.25, 0.3) is 0 Å². The number of rotatable bonds is 4. The molecule has 8 heteroatoms. The van der Waals surface area contributed by atoms with Crippen molar-refractivity contribution in [2.24, 2.45) is 0 Å². The molecule has 0 spiro atoms. The maximum absolute atomic E-state index is 13.0. The first-order valence-electron chi connectivity index (χ1n) is 8.37. The first kappa shape index (κ1) is 16.6. The Morgan fingerprint density at radius 1 is 1.50 bits per heavy atom. The van der Waals surface area contributed by atoms with Crippen LogP contribution in [0.15, 0.2) is 6.07 Å². The fourth-order valence-corrected chi connectivity index (χ4v) is 2.79. The number of amides is 1. The molecule has 1 atom stereocenters. The van der Waals surface area contributed by atoms with Gasteiger partial charge in [0.05, 0.1) is 18.8 Å². The average molecular weight is 332 g/mol. The Kier molecular flexibility index (Phi) is 4.66. The molecule has 0 aliphatic carbocycles. The Morgan fingerprint density at radius 2 is 2.29 bits per heavy atom. The summed E-state index contributed by atoms with van der Waals surface area (Å²) in [4.78, 5) is 19.1. The van der Waals surface area contributed by atoms with Gasteiger partial charge in [0.1, 0.15) is 17.6 Å². The van der Waals surface area contributed by atoms with Crippen LogP contribution in [0.5, 0.6) is 0 Å². The van der Waals surface area contributed by atoms with Crippen molar-refractivity contribution >= 4 is 5.91 Å². The molecule has 3 rings (SSSR count). The zero-order chi connectivity index (χ0) is 17.3. The van der Waals surface area contributed by atoms with E-state index in [2.05, 4.69) is 34.1 Å². The molecule has 2 aromatic heterocycles. The maximum atomic E-state index is 13.0. The molecule has 1 N–H and O–H groups in total. The van der Waals surface area contributed by atoms with Gasteiger partial charge in [0.2, 0.25) is 0 Å². The van der Waals surface area contributed by atoms with E-state index in [1.807, 2.05) is 19.9 Å². The van der Waals surface area contributed by atoms with Crippen molar-refractivity contribution in [1.29, 1.82) is 0 Å². The van der Waals surface area contributed by atoms with Gasteiger partial charge < -0.3 is 9.64 Å². The smallest absolute Gasteiger partial charge is 0.272 e. The zero-order valence-corrected chi connectivity index (χ0v) is 14.6. The lowest BCUT2D eigenvalue weighted by Gasteiger charge is -2.31. The Balaban J connectivity index is 1.79. The van der Waals surface area contributed by atoms with Gasteiger partial charge in [-0.05, 0) is 25.8 Å². The summed E-state index contributed by atoms with van der Waals surface area (Å²) in [6, 6.07) is 1.90. The van der Waals surface area contributed by atoms with Crippen LogP contribution in [-0.4, -0.2) is 55.5 Å². The number of ether oxygens (including phenoxy) is 1. The molecule has 3 heterocycles. The van der Waals surface area contributed by atoms with Crippen molar-refractivity contribution in [3.8, 4) is 0 Å². The second-order valence-corrected chi connectivity index (χ2v) is 6.31. The topological polar surface area (TPSA) is 88.9 Å². The van der Waals surface area contributed by atoms with Gasteiger partial charge in [-0.3, -0.25) is 14.6 Å². The van der Waals surface area contributed by atoms with Crippen LogP contribution in [0.3, 0.4) is 0 Å². The predicted octanol–water partition coefficient (Wildman–Crippen LogP) is 1.67. The molecule has 24 heavy (non-hydrogen) atoms. The van der Waals surface area contributed by atoms with Crippen LogP contribution in [0.2, 0.25) is 0 Å². The number of nitrogens with zero attached hydrogens (tertiary/aromatic N) is 5. The van der Waals surface area contributed by atoms with E-state index in [9.17, 15) is 4.79 Å². The Hall–Kier alpha value is -2.22. The van der Waals surface area contributed by atoms with Crippen LogP contribution in [0.4, 0.5) is 0 Å². The summed E-state index contributed by atoms with van der Waals surface area (Å²) in [5, 5.41) is 11.5. The molecular formula is C16H24N6O2. The number of carbonyl (C=O) groups excluding carboxylic acids is 1. The molecule has 1 amide bonds. The van der Waals surface area contributed by atoms with Crippen LogP contribution in [0, 0.1) is 6.92 Å². The molecule has 8 nitrogen and oxygen atoms in total. The lowest BCUT2D eigenvalue weighted by molar-refractivity contribution is -0.0270. The van der Waals surface area contributed by atoms with Crippen molar-refractivity contribution in [3.05, 3.63) is 29.1 Å². The number of aryl methyl sites for hydroxylation is 2. The summed E-state index contributed by atoms with van der Waals surface area (Å²) in [6.45, 7) is 10.1. The standard InChI is InChI=1S/C16H24N6O2/c1-5-22-13(8-12(20-22)10(2)3)16(23)21-6-7-24-14(9-21)15-17-11(4)18-19-15/h8,10,14H,5-7,9H2,1-4H3,(H,17,18,19). The SMILES string of the molecule is CCn1nc(C(C)C)cc1C(=O)N1CCOC(c2n[nH]c(C)n2)C1. The molecule has 0 saturated carbocycles. The third-order valence-electron chi connectivity index (χ3n) is 4.17. The Bertz CT molecular complexity index is 720. The quantitative estimate of drug-likeness (QED) is 0.920. The van der Waals surface area contributed by atoms with Crippen molar-refractivity contribution in [1.82, 2.24) is 29.9 Å². The number of nitrogens with one attached hydrogen (secondary N) is 1. The monoisotopic (exact) mass is 332 g/mol. The lowest BCUT2D eigenvalue weighted by Crippen LogP contribution is -2.43. The van der Waals surface area contributed by atoms with Gasteiger partial charge in [0.15, 0.2) is 5.82 Å². The number of H-pyrrole nitrogens is 1. The second kappa shape index (κ2) is 6.72. The van der Waals surface area contributed by atoms with E-state index in [4.69, 9.17) is 4.74 Å². The maximum Gasteiger partial charge on any atom is 0.272 e. The van der Waals surface area contributed by atoms with Crippen molar-refractivity contribution in [2.75, 3.05) is 19.7 Å². The van der Waals surface area contributed by atoms with Crippen LogP contribution in [-0.2, 0) is 11.3 Å². The third kappa shape index (κ3) is 3.19. The fourth-order valence-electron chi connectivity index (χ4n) is 2.79. The van der Waals surface area contributed by atoms with Gasteiger partial charge in [-0.1, -0.05) is 13.8 Å². The van der Waals surface area contributed by atoms with Gasteiger partial charge in [0.25, 0.3) is 5.91 Å². The molecular weight excluding hydrogens is 308 g/mol. The summed E-state index contributed by atoms with van der Waals surface area (Å²) in [7, 11) is 0. The highest BCUT2D eigenvalue weighted by atomic mass is 16.5. The van der Waals surface area contributed by atoms with Crippen LogP contribution >= 0.6 is 0 Å². The zero-order valence-electron chi connectivity index (χ0n) is 14.6. The Labute approximate surface area is 141 Å². The molecule has 0 radical (unpaired) electrons. The molecule has 1 aliphatic rings. The van der Waals surface area contributed by atoms with E-state index >= 15 is 0 Å². The van der Waals surface area contributed by atoms with E-state index in [1.165, 1.54) is 0 Å². The summed E-state index contributed by atoms with van der Waals surface area (Å²) >= 11 is 0. The van der Waals surface area contributed by atoms with Gasteiger partial charge >= 0.3 is 0 Å². The van der Waals surface area contributed by atoms with Gasteiger partial charge in [-0.25, -0.2) is 4.98 Å². The molecule has 2 aromatic rings. The van der Waals surface area contributed by atoms with E-state index in [0.717, 1.165) is 11.5 Å². The van der Waals surface area contributed by atoms with E-state index in [-0.39, 0.29) is 17.9 Å². The summed E-state index contributed by atoms with van der Waals surface area (Å²) in [5.41, 5.74) is 1.57. The normalized spacial score (nSPS) is 18.4. The summed E-state index contributed by atoms with van der Waals surface area (Å²) < 4.78 is 7.51. The molecule has 1 unspecified atom stereocenters. The summed E-state index contributed by atoms with van der Waals surface area (Å²) in [6.07, 6.45) is -0.296. The fraction of sp³-hybridized carbons (Fsp3) is 0.625. The highest BCUT2D eigenvalue weighted by Crippen LogP contribution is 2.22. The molecule has 1 fully saturated rings. The second-order valence-electron chi connectivity index (χ2n) is 6.31. The first-order valence-corrected chi connectivity index (χ1v) is 8.37. The van der Waals surface area contributed by atoms with Crippen LogP contribution in [0.1, 0.15) is 60.6 Å². The van der Waals surface area contributed by atoms with E-state index in [0.29, 0.717) is 37.8 Å². The van der Waals surface area contributed by atoms with Crippen molar-refractivity contribution in [3.63, 3.8) is 0 Å². The lowest BCUT2D eigenvalue weighted by atomic mass is 10.1. The number of carbonyl (C=O) groups is 1. The summed E-state index contributed by atoms with van der Waals surface area (Å²) in [5.74, 6) is 1.61. The molecule has 1 aliphatic heterocycles. The largest absolute Gasteiger partial charge is 0.366 e. The number of morpholine rings is 1. The Morgan fingerprint density at radius 3 is 2.92 bits per heavy atom. The third-order valence-corrected chi connectivity index (χ3v) is 4.17. The number of hydrogen-bond donors (Lipinski definition) is 1. The molecule has 0 aromatic carbocycles.